The van der Waals surface area contributed by atoms with Crippen LogP contribution in [0.1, 0.15) is 24.1 Å². The molecule has 0 aromatic carbocycles. The van der Waals surface area contributed by atoms with E-state index in [-0.39, 0.29) is 11.7 Å². The van der Waals surface area contributed by atoms with Crippen molar-refractivity contribution in [2.24, 2.45) is 0 Å². The molecule has 2 aromatic rings. The second-order valence-electron chi connectivity index (χ2n) is 6.70. The number of anilines is 1. The molecule has 0 radical (unpaired) electrons. The first-order chi connectivity index (χ1) is 11.7. The van der Waals surface area contributed by atoms with E-state index in [9.17, 15) is 0 Å². The normalized spacial score (nSPS) is 22.4. The second kappa shape index (κ2) is 6.45. The van der Waals surface area contributed by atoms with Gasteiger partial charge in [-0.2, -0.15) is 5.10 Å². The molecule has 2 fully saturated rings. The molecule has 126 valence electrons. The van der Waals surface area contributed by atoms with Crippen LogP contribution in [0.2, 0.25) is 0 Å². The molecular formula is C18H22N4O2. The summed E-state index contributed by atoms with van der Waals surface area (Å²) in [4.78, 5) is 6.26. The molecule has 2 aliphatic heterocycles. The third kappa shape index (κ3) is 3.25. The lowest BCUT2D eigenvalue weighted by Crippen LogP contribution is -2.66. The first-order valence-electron chi connectivity index (χ1n) is 8.42. The number of aromatic nitrogens is 3. The number of pyridine rings is 1. The number of hydrogen-bond acceptors (Lipinski definition) is 6. The van der Waals surface area contributed by atoms with Gasteiger partial charge >= 0.3 is 0 Å². The minimum absolute atomic E-state index is 0.0896. The summed E-state index contributed by atoms with van der Waals surface area (Å²) >= 11 is 0. The SMILES string of the molecule is Cc1ccc(N2CC3(C[C@H](OCc4ccncc4)CCO3)C2)nn1. The van der Waals surface area contributed by atoms with E-state index >= 15 is 0 Å². The van der Waals surface area contributed by atoms with E-state index in [1.807, 2.05) is 31.2 Å². The summed E-state index contributed by atoms with van der Waals surface area (Å²) in [5, 5.41) is 8.39. The summed E-state index contributed by atoms with van der Waals surface area (Å²) < 4.78 is 12.2. The number of ether oxygens (including phenoxy) is 2. The van der Waals surface area contributed by atoms with Crippen LogP contribution in [0.15, 0.2) is 36.7 Å². The highest BCUT2D eigenvalue weighted by molar-refractivity contribution is 5.43. The van der Waals surface area contributed by atoms with Crippen molar-refractivity contribution in [1.29, 1.82) is 0 Å². The van der Waals surface area contributed by atoms with E-state index in [0.29, 0.717) is 6.61 Å². The topological polar surface area (TPSA) is 60.4 Å². The van der Waals surface area contributed by atoms with Gasteiger partial charge in [0, 0.05) is 25.4 Å². The van der Waals surface area contributed by atoms with Gasteiger partial charge in [-0.15, -0.1) is 5.10 Å². The zero-order chi connectivity index (χ0) is 16.4. The molecular weight excluding hydrogens is 304 g/mol. The number of aryl methyl sites for hydroxylation is 1. The van der Waals surface area contributed by atoms with E-state index in [4.69, 9.17) is 9.47 Å². The van der Waals surface area contributed by atoms with Gasteiger partial charge in [-0.1, -0.05) is 0 Å². The highest BCUT2D eigenvalue weighted by atomic mass is 16.5. The van der Waals surface area contributed by atoms with Gasteiger partial charge < -0.3 is 14.4 Å². The summed E-state index contributed by atoms with van der Waals surface area (Å²) in [5.41, 5.74) is 2.01. The van der Waals surface area contributed by atoms with Gasteiger partial charge in [0.25, 0.3) is 0 Å². The van der Waals surface area contributed by atoms with Crippen LogP contribution in [0.4, 0.5) is 5.82 Å². The van der Waals surface area contributed by atoms with Crippen LogP contribution in [0, 0.1) is 6.92 Å². The van der Waals surface area contributed by atoms with Crippen LogP contribution >= 0.6 is 0 Å². The van der Waals surface area contributed by atoms with Gasteiger partial charge in [-0.05, 0) is 43.2 Å². The fourth-order valence-corrected chi connectivity index (χ4v) is 3.41. The van der Waals surface area contributed by atoms with E-state index in [1.165, 1.54) is 0 Å². The third-order valence-electron chi connectivity index (χ3n) is 4.75. The van der Waals surface area contributed by atoms with Gasteiger partial charge in [0.05, 0.1) is 31.5 Å². The van der Waals surface area contributed by atoms with Crippen LogP contribution in [0.5, 0.6) is 0 Å². The highest BCUT2D eigenvalue weighted by Gasteiger charge is 2.48. The predicted molar refractivity (Wildman–Crippen MR) is 89.7 cm³/mol. The summed E-state index contributed by atoms with van der Waals surface area (Å²) in [6, 6.07) is 8.01. The molecule has 2 aromatic heterocycles. The average molecular weight is 326 g/mol. The second-order valence-corrected chi connectivity index (χ2v) is 6.70. The lowest BCUT2D eigenvalue weighted by atomic mass is 9.84. The van der Waals surface area contributed by atoms with Gasteiger partial charge in [0.2, 0.25) is 0 Å². The van der Waals surface area contributed by atoms with Gasteiger partial charge in [0.15, 0.2) is 5.82 Å². The Kier molecular flexibility index (Phi) is 4.16. The zero-order valence-corrected chi connectivity index (χ0v) is 13.9. The van der Waals surface area contributed by atoms with E-state index in [2.05, 4.69) is 20.1 Å². The molecule has 4 heterocycles. The van der Waals surface area contributed by atoms with Crippen LogP contribution in [-0.2, 0) is 16.1 Å². The fraction of sp³-hybridized carbons (Fsp3) is 0.500. The quantitative estimate of drug-likeness (QED) is 0.858. The van der Waals surface area contributed by atoms with Crippen molar-refractivity contribution >= 4 is 5.82 Å². The average Bonchev–Trinajstić information content (AvgIpc) is 2.60. The predicted octanol–water partition coefficient (Wildman–Crippen LogP) is 2.13. The summed E-state index contributed by atoms with van der Waals surface area (Å²) in [6.45, 7) is 5.06. The molecule has 6 nitrogen and oxygen atoms in total. The van der Waals surface area contributed by atoms with Crippen LogP contribution in [0.3, 0.4) is 0 Å². The molecule has 1 spiro atoms. The lowest BCUT2D eigenvalue weighted by molar-refractivity contribution is -0.148. The molecule has 0 unspecified atom stereocenters. The number of hydrogen-bond donors (Lipinski definition) is 0. The van der Waals surface area contributed by atoms with Crippen molar-refractivity contribution < 1.29 is 9.47 Å². The largest absolute Gasteiger partial charge is 0.373 e. The fourth-order valence-electron chi connectivity index (χ4n) is 3.41. The molecule has 24 heavy (non-hydrogen) atoms. The Labute approximate surface area is 141 Å². The maximum atomic E-state index is 6.10. The molecule has 2 aliphatic rings. The van der Waals surface area contributed by atoms with Crippen LogP contribution in [-0.4, -0.2) is 46.6 Å². The maximum absolute atomic E-state index is 6.10. The number of nitrogens with zero attached hydrogens (tertiary/aromatic N) is 4. The van der Waals surface area contributed by atoms with Gasteiger partial charge in [-0.25, -0.2) is 0 Å². The monoisotopic (exact) mass is 326 g/mol. The van der Waals surface area contributed by atoms with E-state index < -0.39 is 0 Å². The van der Waals surface area contributed by atoms with Crippen LogP contribution < -0.4 is 4.90 Å². The molecule has 0 bridgehead atoms. The first kappa shape index (κ1) is 15.5. The van der Waals surface area contributed by atoms with Crippen molar-refractivity contribution in [1.82, 2.24) is 15.2 Å². The van der Waals surface area contributed by atoms with Crippen LogP contribution in [0.25, 0.3) is 0 Å². The van der Waals surface area contributed by atoms with Crippen molar-refractivity contribution in [2.45, 2.75) is 38.1 Å². The molecule has 0 amide bonds. The Morgan fingerprint density at radius 3 is 2.79 bits per heavy atom. The van der Waals surface area contributed by atoms with Gasteiger partial charge in [0.1, 0.15) is 5.60 Å². The Hall–Kier alpha value is -2.05. The Morgan fingerprint density at radius 1 is 1.21 bits per heavy atom. The minimum atomic E-state index is -0.0896. The Balaban J connectivity index is 1.32. The molecule has 2 saturated heterocycles. The molecule has 0 N–H and O–H groups in total. The smallest absolute Gasteiger partial charge is 0.151 e. The summed E-state index contributed by atoms with van der Waals surface area (Å²) in [7, 11) is 0. The Morgan fingerprint density at radius 2 is 2.04 bits per heavy atom. The first-order valence-corrected chi connectivity index (χ1v) is 8.42. The molecule has 6 heteroatoms. The maximum Gasteiger partial charge on any atom is 0.151 e. The summed E-state index contributed by atoms with van der Waals surface area (Å²) in [5.74, 6) is 0.926. The lowest BCUT2D eigenvalue weighted by Gasteiger charge is -2.53. The molecule has 0 aliphatic carbocycles. The molecule has 4 rings (SSSR count). The van der Waals surface area contributed by atoms with Gasteiger partial charge in [-0.3, -0.25) is 4.98 Å². The van der Waals surface area contributed by atoms with Crippen molar-refractivity contribution in [3.05, 3.63) is 47.9 Å². The third-order valence-corrected chi connectivity index (χ3v) is 4.75. The standard InChI is InChI=1S/C18H22N4O2/c1-14-2-3-17(21-20-14)22-12-18(13-22)10-16(6-9-24-18)23-11-15-4-7-19-8-5-15/h2-5,7-8,16H,6,9-13H2,1H3/t16-/m1/s1. The zero-order valence-electron chi connectivity index (χ0n) is 13.9. The molecule has 1 atom stereocenters. The number of rotatable bonds is 4. The van der Waals surface area contributed by atoms with E-state index in [1.54, 1.807) is 12.4 Å². The minimum Gasteiger partial charge on any atom is -0.373 e. The molecule has 0 saturated carbocycles. The Bertz CT molecular complexity index is 671. The van der Waals surface area contributed by atoms with Crippen molar-refractivity contribution in [3.63, 3.8) is 0 Å². The van der Waals surface area contributed by atoms with Crippen molar-refractivity contribution in [3.8, 4) is 0 Å². The highest BCUT2D eigenvalue weighted by Crippen LogP contribution is 2.37. The van der Waals surface area contributed by atoms with E-state index in [0.717, 1.165) is 49.6 Å². The summed E-state index contributed by atoms with van der Waals surface area (Å²) in [6.07, 6.45) is 5.75. The van der Waals surface area contributed by atoms with Crippen molar-refractivity contribution in [2.75, 3.05) is 24.6 Å².